The Labute approximate surface area is 162 Å². The number of H-pyrrole nitrogens is 1. The third kappa shape index (κ3) is 3.78. The second kappa shape index (κ2) is 7.64. The maximum absolute atomic E-state index is 13.9. The molecule has 0 aliphatic rings. The Balaban J connectivity index is 1.65. The number of aromatic nitrogens is 2. The van der Waals surface area contributed by atoms with E-state index in [1.54, 1.807) is 19.1 Å². The van der Waals surface area contributed by atoms with Gasteiger partial charge in [-0.1, -0.05) is 48.5 Å². The number of benzene rings is 3. The van der Waals surface area contributed by atoms with E-state index in [9.17, 15) is 9.18 Å². The highest BCUT2D eigenvalue weighted by atomic mass is 19.1. The number of halogens is 1. The summed E-state index contributed by atoms with van der Waals surface area (Å²) in [6, 6.07) is 21.8. The van der Waals surface area contributed by atoms with Crippen molar-refractivity contribution < 1.29 is 9.18 Å². The second-order valence-corrected chi connectivity index (χ2v) is 6.82. The molecule has 5 heteroatoms. The summed E-state index contributed by atoms with van der Waals surface area (Å²) in [5.41, 5.74) is 3.62. The molecule has 3 aromatic carbocycles. The van der Waals surface area contributed by atoms with Crippen molar-refractivity contribution in [2.24, 2.45) is 0 Å². The van der Waals surface area contributed by atoms with Crippen LogP contribution in [0.5, 0.6) is 0 Å². The fourth-order valence-electron chi connectivity index (χ4n) is 3.18. The van der Waals surface area contributed by atoms with Crippen LogP contribution in [0.1, 0.15) is 33.4 Å². The molecule has 0 unspecified atom stereocenters. The number of carbonyl (C=O) groups excluding carboxylic acids is 1. The summed E-state index contributed by atoms with van der Waals surface area (Å²) in [5.74, 6) is -0.0535. The van der Waals surface area contributed by atoms with Crippen molar-refractivity contribution in [3.8, 4) is 0 Å². The van der Waals surface area contributed by atoms with E-state index in [1.807, 2.05) is 54.6 Å². The molecule has 2 N–H and O–H groups in total. The fraction of sp³-hybridized carbons (Fsp3) is 0.130. The summed E-state index contributed by atoms with van der Waals surface area (Å²) in [4.78, 5) is 20.7. The summed E-state index contributed by atoms with van der Waals surface area (Å²) in [5, 5.41) is 3.01. The van der Waals surface area contributed by atoms with Crippen molar-refractivity contribution in [1.29, 1.82) is 0 Å². The molecule has 0 radical (unpaired) electrons. The maximum Gasteiger partial charge on any atom is 0.251 e. The Morgan fingerprint density at radius 2 is 1.82 bits per heavy atom. The van der Waals surface area contributed by atoms with Crippen molar-refractivity contribution in [2.45, 2.75) is 19.4 Å². The molecule has 28 heavy (non-hydrogen) atoms. The Morgan fingerprint density at radius 3 is 2.57 bits per heavy atom. The standard InChI is InChI=1S/C23H20FN3O/c1-15-11-12-17(14-18(15)24)23(28)27-21(13-16-7-3-2-4-8-16)22-25-19-9-5-6-10-20(19)26-22/h2-12,14,21H,13H2,1H3,(H,25,26)(H,27,28)/t21-/m0/s1. The van der Waals surface area contributed by atoms with Gasteiger partial charge in [0.2, 0.25) is 0 Å². The SMILES string of the molecule is Cc1ccc(C(=O)N[C@@H](Cc2ccccc2)c2nc3ccccc3[nH]2)cc1F. The van der Waals surface area contributed by atoms with Crippen molar-refractivity contribution in [2.75, 3.05) is 0 Å². The number of hydrogen-bond donors (Lipinski definition) is 2. The zero-order valence-corrected chi connectivity index (χ0v) is 15.4. The van der Waals surface area contributed by atoms with Crippen molar-refractivity contribution in [3.63, 3.8) is 0 Å². The number of aromatic amines is 1. The van der Waals surface area contributed by atoms with Gasteiger partial charge in [0, 0.05) is 5.56 Å². The molecule has 1 amide bonds. The lowest BCUT2D eigenvalue weighted by molar-refractivity contribution is 0.0934. The Bertz CT molecular complexity index is 1090. The van der Waals surface area contributed by atoms with E-state index in [0.29, 0.717) is 17.8 Å². The quantitative estimate of drug-likeness (QED) is 0.532. The van der Waals surface area contributed by atoms with Crippen molar-refractivity contribution in [3.05, 3.63) is 101 Å². The van der Waals surface area contributed by atoms with Crippen LogP contribution in [-0.2, 0) is 6.42 Å². The van der Waals surface area contributed by atoms with E-state index >= 15 is 0 Å². The van der Waals surface area contributed by atoms with Crippen LogP contribution in [0.15, 0.2) is 72.8 Å². The number of nitrogens with one attached hydrogen (secondary N) is 2. The number of hydrogen-bond acceptors (Lipinski definition) is 2. The molecule has 140 valence electrons. The number of amides is 1. The van der Waals surface area contributed by atoms with Crippen molar-refractivity contribution in [1.82, 2.24) is 15.3 Å². The lowest BCUT2D eigenvalue weighted by atomic mass is 10.0. The van der Waals surface area contributed by atoms with Gasteiger partial charge in [0.25, 0.3) is 5.91 Å². The molecule has 4 nitrogen and oxygen atoms in total. The molecule has 1 heterocycles. The molecule has 0 aliphatic carbocycles. The predicted octanol–water partition coefficient (Wildman–Crippen LogP) is 4.72. The highest BCUT2D eigenvalue weighted by molar-refractivity contribution is 5.94. The lowest BCUT2D eigenvalue weighted by Gasteiger charge is -2.17. The van der Waals surface area contributed by atoms with Gasteiger partial charge in [-0.3, -0.25) is 4.79 Å². The molecule has 4 rings (SSSR count). The summed E-state index contributed by atoms with van der Waals surface area (Å²) >= 11 is 0. The molecule has 0 fully saturated rings. The van der Waals surface area contributed by atoms with E-state index in [2.05, 4.69) is 15.3 Å². The summed E-state index contributed by atoms with van der Waals surface area (Å²) in [6.07, 6.45) is 0.570. The number of nitrogens with zero attached hydrogens (tertiary/aromatic N) is 1. The van der Waals surface area contributed by atoms with E-state index < -0.39 is 5.82 Å². The first kappa shape index (κ1) is 17.9. The number of imidazole rings is 1. The smallest absolute Gasteiger partial charge is 0.251 e. The van der Waals surface area contributed by atoms with Crippen LogP contribution in [0.4, 0.5) is 4.39 Å². The van der Waals surface area contributed by atoms with Gasteiger partial charge < -0.3 is 10.3 Å². The molecule has 0 saturated heterocycles. The van der Waals surface area contributed by atoms with E-state index in [4.69, 9.17) is 0 Å². The Hall–Kier alpha value is -3.47. The average molecular weight is 373 g/mol. The van der Waals surface area contributed by atoms with Crippen LogP contribution in [0.2, 0.25) is 0 Å². The summed E-state index contributed by atoms with van der Waals surface area (Å²) < 4.78 is 13.9. The van der Waals surface area contributed by atoms with E-state index in [1.165, 1.54) is 6.07 Å². The van der Waals surface area contributed by atoms with Crippen LogP contribution in [0, 0.1) is 12.7 Å². The van der Waals surface area contributed by atoms with Gasteiger partial charge in [-0.2, -0.15) is 0 Å². The lowest BCUT2D eigenvalue weighted by Crippen LogP contribution is -2.30. The minimum absolute atomic E-state index is 0.289. The van der Waals surface area contributed by atoms with Crippen LogP contribution < -0.4 is 5.32 Å². The molecular formula is C23H20FN3O. The highest BCUT2D eigenvalue weighted by Gasteiger charge is 2.20. The monoisotopic (exact) mass is 373 g/mol. The van der Waals surface area contributed by atoms with Crippen LogP contribution in [0.25, 0.3) is 11.0 Å². The zero-order chi connectivity index (χ0) is 19.5. The van der Waals surface area contributed by atoms with Gasteiger partial charge >= 0.3 is 0 Å². The highest BCUT2D eigenvalue weighted by Crippen LogP contribution is 2.21. The number of para-hydroxylation sites is 2. The Morgan fingerprint density at radius 1 is 1.07 bits per heavy atom. The molecular weight excluding hydrogens is 353 g/mol. The van der Waals surface area contributed by atoms with Gasteiger partial charge in [0.1, 0.15) is 11.6 Å². The second-order valence-electron chi connectivity index (χ2n) is 6.82. The molecule has 1 atom stereocenters. The molecule has 1 aromatic heterocycles. The number of rotatable bonds is 5. The molecule has 0 bridgehead atoms. The predicted molar refractivity (Wildman–Crippen MR) is 108 cm³/mol. The van der Waals surface area contributed by atoms with Gasteiger partial charge in [-0.05, 0) is 48.7 Å². The van der Waals surface area contributed by atoms with Gasteiger partial charge in [0.15, 0.2) is 0 Å². The first-order chi connectivity index (χ1) is 13.6. The molecule has 0 aliphatic heterocycles. The summed E-state index contributed by atoms with van der Waals surface area (Å²) in [7, 11) is 0. The van der Waals surface area contributed by atoms with E-state index in [0.717, 1.165) is 16.6 Å². The van der Waals surface area contributed by atoms with Gasteiger partial charge in [0.05, 0.1) is 17.1 Å². The third-order valence-corrected chi connectivity index (χ3v) is 4.76. The third-order valence-electron chi connectivity index (χ3n) is 4.76. The summed E-state index contributed by atoms with van der Waals surface area (Å²) in [6.45, 7) is 1.67. The normalized spacial score (nSPS) is 12.1. The first-order valence-electron chi connectivity index (χ1n) is 9.16. The van der Waals surface area contributed by atoms with Crippen LogP contribution >= 0.6 is 0 Å². The number of aryl methyl sites for hydroxylation is 1. The number of fused-ring (bicyclic) bond motifs is 1. The average Bonchev–Trinajstić information content (AvgIpc) is 3.14. The minimum atomic E-state index is -0.393. The number of carbonyl (C=O) groups is 1. The van der Waals surface area contributed by atoms with Gasteiger partial charge in [-0.25, -0.2) is 9.37 Å². The maximum atomic E-state index is 13.9. The molecule has 0 spiro atoms. The Kier molecular flexibility index (Phi) is 4.89. The van der Waals surface area contributed by atoms with Crippen molar-refractivity contribution >= 4 is 16.9 Å². The minimum Gasteiger partial charge on any atom is -0.342 e. The first-order valence-corrected chi connectivity index (χ1v) is 9.16. The van der Waals surface area contributed by atoms with Gasteiger partial charge in [-0.15, -0.1) is 0 Å². The fourth-order valence-corrected chi connectivity index (χ4v) is 3.18. The largest absolute Gasteiger partial charge is 0.342 e. The van der Waals surface area contributed by atoms with E-state index in [-0.39, 0.29) is 17.5 Å². The zero-order valence-electron chi connectivity index (χ0n) is 15.4. The molecule has 0 saturated carbocycles. The topological polar surface area (TPSA) is 57.8 Å². The molecule has 4 aromatic rings. The van der Waals surface area contributed by atoms with Crippen LogP contribution in [-0.4, -0.2) is 15.9 Å². The van der Waals surface area contributed by atoms with Crippen LogP contribution in [0.3, 0.4) is 0 Å².